The Hall–Kier alpha value is -1.01. The van der Waals surface area contributed by atoms with Crippen LogP contribution in [0.1, 0.15) is 5.69 Å². The van der Waals surface area contributed by atoms with Crippen molar-refractivity contribution in [2.45, 2.75) is 19.6 Å². The van der Waals surface area contributed by atoms with Crippen molar-refractivity contribution in [3.05, 3.63) is 18.0 Å². The van der Waals surface area contributed by atoms with Crippen LogP contribution in [0.4, 0.5) is 0 Å². The van der Waals surface area contributed by atoms with Crippen molar-refractivity contribution in [1.29, 1.82) is 0 Å². The van der Waals surface area contributed by atoms with Crippen molar-refractivity contribution in [2.75, 3.05) is 0 Å². The second kappa shape index (κ2) is 3.16. The molecule has 0 amide bonds. The van der Waals surface area contributed by atoms with E-state index in [0.29, 0.717) is 0 Å². The molecule has 0 aliphatic rings. The minimum Gasteiger partial charge on any atom is -0.275 e. The normalized spacial score (nSPS) is 10.7. The summed E-state index contributed by atoms with van der Waals surface area (Å²) in [5.41, 5.74) is 4.14. The van der Waals surface area contributed by atoms with Gasteiger partial charge in [-0.1, -0.05) is 25.6 Å². The van der Waals surface area contributed by atoms with Crippen molar-refractivity contribution in [3.8, 4) is 11.5 Å². The molecule has 0 radical (unpaired) electrons. The van der Waals surface area contributed by atoms with E-state index in [1.807, 2.05) is 19.3 Å². The molecule has 2 nitrogen and oxygen atoms in total. The zero-order valence-corrected chi connectivity index (χ0v) is 9.05. The molecule has 0 aliphatic carbocycles. The van der Waals surface area contributed by atoms with Crippen LogP contribution in [-0.4, -0.2) is 17.9 Å². The second-order valence-electron chi connectivity index (χ2n) is 3.87. The smallest absolute Gasteiger partial charge is 0.134 e. The van der Waals surface area contributed by atoms with Crippen LogP contribution in [0.5, 0.6) is 0 Å². The zero-order chi connectivity index (χ0) is 9.19. The largest absolute Gasteiger partial charge is 0.275 e. The van der Waals surface area contributed by atoms with Gasteiger partial charge in [0.1, 0.15) is 13.8 Å². The Morgan fingerprint density at radius 1 is 1.42 bits per heavy atom. The van der Waals surface area contributed by atoms with Crippen molar-refractivity contribution < 1.29 is 0 Å². The molecule has 0 saturated carbocycles. The summed E-state index contributed by atoms with van der Waals surface area (Å²) in [7, 11) is 0.661. The highest BCUT2D eigenvalue weighted by Crippen LogP contribution is 1.98. The molecule has 0 bridgehead atoms. The Morgan fingerprint density at radius 2 is 2.08 bits per heavy atom. The number of nitrogens with zero attached hydrogens (tertiary/aromatic N) is 2. The lowest BCUT2D eigenvalue weighted by atomic mass is 10.5. The molecular formula is C9H14N2Si. The molecule has 1 aromatic rings. The molecule has 0 N–H and O–H groups in total. The van der Waals surface area contributed by atoms with Gasteiger partial charge in [-0.2, -0.15) is 5.10 Å². The molecule has 0 aromatic carbocycles. The fourth-order valence-corrected chi connectivity index (χ4v) is 1.24. The van der Waals surface area contributed by atoms with E-state index in [1.54, 1.807) is 4.68 Å². The van der Waals surface area contributed by atoms with Crippen LogP contribution in [0, 0.1) is 11.5 Å². The van der Waals surface area contributed by atoms with Gasteiger partial charge in [-0.25, -0.2) is 0 Å². The monoisotopic (exact) mass is 178 g/mol. The van der Waals surface area contributed by atoms with Gasteiger partial charge >= 0.3 is 0 Å². The Bertz CT molecular complexity index is 322. The summed E-state index contributed by atoms with van der Waals surface area (Å²) in [5, 5.41) is 4.18. The van der Waals surface area contributed by atoms with E-state index in [2.05, 4.69) is 36.2 Å². The first-order valence-corrected chi connectivity index (χ1v) is 7.50. The first-order chi connectivity index (χ1) is 5.47. The number of hydrogen-bond donors (Lipinski definition) is 0. The topological polar surface area (TPSA) is 17.8 Å². The molecule has 1 heterocycles. The first-order valence-electron chi connectivity index (χ1n) is 4.00. The highest BCUT2D eigenvalue weighted by atomic mass is 28.3. The molecule has 1 rings (SSSR count). The number of aromatic nitrogens is 2. The highest BCUT2D eigenvalue weighted by molar-refractivity contribution is 6.83. The first kappa shape index (κ1) is 9.08. The summed E-state index contributed by atoms with van der Waals surface area (Å²) in [6, 6.07) is 1.94. The van der Waals surface area contributed by atoms with Crippen LogP contribution in [0.15, 0.2) is 12.3 Å². The van der Waals surface area contributed by atoms with E-state index in [-0.39, 0.29) is 0 Å². The van der Waals surface area contributed by atoms with Gasteiger partial charge < -0.3 is 0 Å². The summed E-state index contributed by atoms with van der Waals surface area (Å²) < 4.78 is 1.77. The van der Waals surface area contributed by atoms with Crippen LogP contribution in [0.3, 0.4) is 0 Å². The average molecular weight is 178 g/mol. The van der Waals surface area contributed by atoms with Gasteiger partial charge in [0.05, 0.1) is 0 Å². The van der Waals surface area contributed by atoms with Crippen LogP contribution < -0.4 is 0 Å². The fourth-order valence-electron chi connectivity index (χ4n) is 0.733. The Labute approximate surface area is 74.6 Å². The van der Waals surface area contributed by atoms with Crippen LogP contribution in [-0.2, 0) is 7.05 Å². The standard InChI is InChI=1S/C9H14N2Si/c1-11-7-5-9(10-11)6-8-12(2,3)4/h5,7H,1-4H3. The van der Waals surface area contributed by atoms with E-state index in [0.717, 1.165) is 5.69 Å². The summed E-state index contributed by atoms with van der Waals surface area (Å²) in [6.07, 6.45) is 1.91. The van der Waals surface area contributed by atoms with Gasteiger partial charge in [-0.05, 0) is 6.07 Å². The maximum Gasteiger partial charge on any atom is 0.134 e. The minimum atomic E-state index is -1.24. The van der Waals surface area contributed by atoms with Crippen LogP contribution >= 0.6 is 0 Å². The molecule has 0 unspecified atom stereocenters. The predicted octanol–water partition coefficient (Wildman–Crippen LogP) is 1.65. The summed E-state index contributed by atoms with van der Waals surface area (Å²) >= 11 is 0. The Morgan fingerprint density at radius 3 is 2.50 bits per heavy atom. The SMILES string of the molecule is Cn1ccc(C#C[Si](C)(C)C)n1. The molecule has 1 aromatic heterocycles. The van der Waals surface area contributed by atoms with E-state index in [1.165, 1.54) is 0 Å². The molecule has 0 atom stereocenters. The third kappa shape index (κ3) is 2.93. The average Bonchev–Trinajstić information content (AvgIpc) is 2.30. The van der Waals surface area contributed by atoms with Crippen molar-refractivity contribution in [2.24, 2.45) is 7.05 Å². The number of rotatable bonds is 0. The number of hydrogen-bond acceptors (Lipinski definition) is 1. The summed E-state index contributed by atoms with van der Waals surface area (Å²) in [6.45, 7) is 6.68. The number of aryl methyl sites for hydroxylation is 1. The maximum absolute atomic E-state index is 4.18. The zero-order valence-electron chi connectivity index (χ0n) is 8.05. The lowest BCUT2D eigenvalue weighted by Gasteiger charge is -2.02. The van der Waals surface area contributed by atoms with Gasteiger partial charge in [0.25, 0.3) is 0 Å². The Kier molecular flexibility index (Phi) is 2.39. The summed E-state index contributed by atoms with van der Waals surface area (Å²) in [4.78, 5) is 0. The van der Waals surface area contributed by atoms with E-state index < -0.39 is 8.07 Å². The van der Waals surface area contributed by atoms with Gasteiger partial charge in [-0.15, -0.1) is 5.54 Å². The fraction of sp³-hybridized carbons (Fsp3) is 0.444. The molecule has 0 aliphatic heterocycles. The second-order valence-corrected chi connectivity index (χ2v) is 8.62. The molecule has 0 saturated heterocycles. The third-order valence-electron chi connectivity index (χ3n) is 1.28. The maximum atomic E-state index is 4.18. The van der Waals surface area contributed by atoms with Gasteiger partial charge in [-0.3, -0.25) is 4.68 Å². The van der Waals surface area contributed by atoms with E-state index in [9.17, 15) is 0 Å². The Balaban J connectivity index is 2.80. The molecule has 0 fully saturated rings. The van der Waals surface area contributed by atoms with Crippen molar-refractivity contribution >= 4 is 8.07 Å². The molecular weight excluding hydrogens is 164 g/mol. The lowest BCUT2D eigenvalue weighted by Crippen LogP contribution is -2.16. The summed E-state index contributed by atoms with van der Waals surface area (Å²) in [5.74, 6) is 3.09. The van der Waals surface area contributed by atoms with Crippen LogP contribution in [0.2, 0.25) is 19.6 Å². The predicted molar refractivity (Wildman–Crippen MR) is 53.4 cm³/mol. The molecule has 0 spiro atoms. The van der Waals surface area contributed by atoms with E-state index in [4.69, 9.17) is 0 Å². The lowest BCUT2D eigenvalue weighted by molar-refractivity contribution is 0.764. The highest BCUT2D eigenvalue weighted by Gasteiger charge is 2.07. The molecule has 12 heavy (non-hydrogen) atoms. The van der Waals surface area contributed by atoms with E-state index >= 15 is 0 Å². The van der Waals surface area contributed by atoms with Crippen molar-refractivity contribution in [3.63, 3.8) is 0 Å². The quantitative estimate of drug-likeness (QED) is 0.436. The third-order valence-corrected chi connectivity index (χ3v) is 2.15. The van der Waals surface area contributed by atoms with Gasteiger partial charge in [0.2, 0.25) is 0 Å². The van der Waals surface area contributed by atoms with Gasteiger partial charge in [0.15, 0.2) is 0 Å². The van der Waals surface area contributed by atoms with Gasteiger partial charge in [0, 0.05) is 13.2 Å². The molecule has 3 heteroatoms. The molecule has 64 valence electrons. The van der Waals surface area contributed by atoms with Crippen molar-refractivity contribution in [1.82, 2.24) is 9.78 Å². The van der Waals surface area contributed by atoms with Crippen LogP contribution in [0.25, 0.3) is 0 Å². The minimum absolute atomic E-state index is 0.875.